The summed E-state index contributed by atoms with van der Waals surface area (Å²) >= 11 is 0. The van der Waals surface area contributed by atoms with Crippen molar-refractivity contribution in [2.24, 2.45) is 10.9 Å². The molecule has 1 aromatic carbocycles. The Balaban J connectivity index is 1.65. The maximum Gasteiger partial charge on any atom is 0.330 e. The van der Waals surface area contributed by atoms with E-state index in [1.54, 1.807) is 24.2 Å². The summed E-state index contributed by atoms with van der Waals surface area (Å²) in [5.41, 5.74) is 1.70. The van der Waals surface area contributed by atoms with Gasteiger partial charge < -0.3 is 25.6 Å². The molecule has 2 amide bonds. The van der Waals surface area contributed by atoms with E-state index in [2.05, 4.69) is 25.7 Å². The summed E-state index contributed by atoms with van der Waals surface area (Å²) in [6, 6.07) is 8.90. The summed E-state index contributed by atoms with van der Waals surface area (Å²) in [7, 11) is 3.05. The van der Waals surface area contributed by atoms with Gasteiger partial charge in [0.15, 0.2) is 0 Å². The molecule has 1 saturated carbocycles. The Bertz CT molecular complexity index is 983. The molecule has 3 N–H and O–H groups in total. The van der Waals surface area contributed by atoms with Gasteiger partial charge in [-0.05, 0) is 30.4 Å². The number of methoxy groups -OCH3 is 1. The molecule has 36 heavy (non-hydrogen) atoms. The molecule has 194 valence electrons. The van der Waals surface area contributed by atoms with Crippen molar-refractivity contribution in [1.82, 2.24) is 20.9 Å². The zero-order valence-electron chi connectivity index (χ0n) is 21.2. The monoisotopic (exact) mass is 495 g/mol. The second-order valence-corrected chi connectivity index (χ2v) is 9.23. The third-order valence-electron chi connectivity index (χ3n) is 6.41. The number of hydrogen-bond donors (Lipinski definition) is 3. The smallest absolute Gasteiger partial charge is 0.330 e. The first-order chi connectivity index (χ1) is 17.4. The molecule has 1 unspecified atom stereocenters. The van der Waals surface area contributed by atoms with Crippen molar-refractivity contribution in [2.75, 3.05) is 27.2 Å². The van der Waals surface area contributed by atoms with Gasteiger partial charge in [-0.3, -0.25) is 14.6 Å². The lowest BCUT2D eigenvalue weighted by atomic mass is 9.89. The fourth-order valence-corrected chi connectivity index (χ4v) is 4.27. The van der Waals surface area contributed by atoms with Crippen LogP contribution in [0.15, 0.2) is 59.4 Å². The average molecular weight is 496 g/mol. The standard InChI is InChI=1S/C27H37N5O4/c1-32(19-21-11-7-4-8-12-21)25(33)15-23(27(35)30-16-20-9-5-3-6-10-20)31-24-18-28-22(17-29-24)13-14-26(34)36-2/h4,7-8,11-14,17,20,23,28H,3,5-6,9-10,15-16,18-19H2,1-2H3,(H,29,31)(H,30,35)/b14-13+. The van der Waals surface area contributed by atoms with Crippen molar-refractivity contribution in [3.63, 3.8) is 0 Å². The van der Waals surface area contributed by atoms with Gasteiger partial charge in [-0.1, -0.05) is 49.6 Å². The number of allylic oxidation sites excluding steroid dienone is 1. The number of ether oxygens (including phenoxy) is 1. The number of hydrogen-bond acceptors (Lipinski definition) is 6. The molecule has 0 bridgehead atoms. The lowest BCUT2D eigenvalue weighted by Crippen LogP contribution is -2.43. The van der Waals surface area contributed by atoms with Gasteiger partial charge >= 0.3 is 5.97 Å². The fourth-order valence-electron chi connectivity index (χ4n) is 4.27. The number of aliphatic imine (C=N–C) groups is 1. The van der Waals surface area contributed by atoms with Crippen LogP contribution in [-0.2, 0) is 25.7 Å². The van der Waals surface area contributed by atoms with Crippen LogP contribution in [-0.4, -0.2) is 61.8 Å². The highest BCUT2D eigenvalue weighted by atomic mass is 16.5. The number of rotatable bonds is 10. The van der Waals surface area contributed by atoms with E-state index in [4.69, 9.17) is 0 Å². The molecule has 1 heterocycles. The molecule has 2 aliphatic rings. The molecule has 1 fully saturated rings. The molecule has 0 spiro atoms. The molecule has 1 aromatic rings. The van der Waals surface area contributed by atoms with Gasteiger partial charge in [0.25, 0.3) is 0 Å². The van der Waals surface area contributed by atoms with Gasteiger partial charge in [-0.25, -0.2) is 4.79 Å². The lowest BCUT2D eigenvalue weighted by molar-refractivity contribution is -0.135. The Kier molecular flexibility index (Phi) is 10.5. The maximum absolute atomic E-state index is 13.1. The van der Waals surface area contributed by atoms with Gasteiger partial charge in [0.05, 0.1) is 25.8 Å². The molecule has 1 aliphatic heterocycles. The van der Waals surface area contributed by atoms with Gasteiger partial charge in [0, 0.05) is 32.4 Å². The molecular weight excluding hydrogens is 458 g/mol. The van der Waals surface area contributed by atoms with E-state index in [0.717, 1.165) is 18.4 Å². The summed E-state index contributed by atoms with van der Waals surface area (Å²) in [5.74, 6) is 0.180. The van der Waals surface area contributed by atoms with Crippen LogP contribution in [0.3, 0.4) is 0 Å². The Morgan fingerprint density at radius 1 is 1.19 bits per heavy atom. The topological polar surface area (TPSA) is 112 Å². The molecular formula is C27H37N5O4. The summed E-state index contributed by atoms with van der Waals surface area (Å²) in [5, 5.41) is 9.23. The Morgan fingerprint density at radius 3 is 2.61 bits per heavy atom. The first-order valence-corrected chi connectivity index (χ1v) is 12.5. The van der Waals surface area contributed by atoms with Crippen molar-refractivity contribution in [1.29, 1.82) is 0 Å². The van der Waals surface area contributed by atoms with Crippen LogP contribution >= 0.6 is 0 Å². The van der Waals surface area contributed by atoms with Crippen LogP contribution < -0.4 is 16.0 Å². The van der Waals surface area contributed by atoms with Crippen molar-refractivity contribution in [3.8, 4) is 0 Å². The highest BCUT2D eigenvalue weighted by Crippen LogP contribution is 2.22. The number of carbonyl (C=O) groups excluding carboxylic acids is 3. The van der Waals surface area contributed by atoms with Crippen molar-refractivity contribution >= 4 is 23.6 Å². The summed E-state index contributed by atoms with van der Waals surface area (Å²) in [4.78, 5) is 43.7. The minimum atomic E-state index is -0.843. The normalized spacial score (nSPS) is 18.1. The minimum Gasteiger partial charge on any atom is -0.466 e. The van der Waals surface area contributed by atoms with Crippen molar-refractivity contribution in [3.05, 3.63) is 59.9 Å². The number of carbonyl (C=O) groups is 3. The average Bonchev–Trinajstić information content (AvgIpc) is 2.91. The zero-order valence-corrected chi connectivity index (χ0v) is 21.2. The van der Waals surface area contributed by atoms with E-state index in [-0.39, 0.29) is 18.2 Å². The van der Waals surface area contributed by atoms with Crippen LogP contribution in [0.5, 0.6) is 0 Å². The Morgan fingerprint density at radius 2 is 1.94 bits per heavy atom. The number of nitrogens with one attached hydrogen (secondary N) is 3. The first kappa shape index (κ1) is 27.0. The third-order valence-corrected chi connectivity index (χ3v) is 6.41. The highest BCUT2D eigenvalue weighted by Gasteiger charge is 2.25. The van der Waals surface area contributed by atoms with Gasteiger partial charge in [0.1, 0.15) is 11.9 Å². The van der Waals surface area contributed by atoms with Crippen LogP contribution in [0.25, 0.3) is 0 Å². The molecule has 1 atom stereocenters. The second kappa shape index (κ2) is 14.1. The largest absolute Gasteiger partial charge is 0.466 e. The molecule has 9 heteroatoms. The van der Waals surface area contributed by atoms with Gasteiger partial charge in [0.2, 0.25) is 11.8 Å². The molecule has 3 rings (SSSR count). The number of benzene rings is 1. The Hall–Kier alpha value is -3.62. The van der Waals surface area contributed by atoms with E-state index in [1.807, 2.05) is 30.3 Å². The predicted octanol–water partition coefficient (Wildman–Crippen LogP) is 2.26. The minimum absolute atomic E-state index is 0.0240. The van der Waals surface area contributed by atoms with Crippen LogP contribution in [0.2, 0.25) is 0 Å². The van der Waals surface area contributed by atoms with E-state index in [0.29, 0.717) is 37.1 Å². The summed E-state index contributed by atoms with van der Waals surface area (Å²) < 4.78 is 4.60. The number of amidine groups is 1. The highest BCUT2D eigenvalue weighted by molar-refractivity contribution is 5.93. The maximum atomic E-state index is 13.1. The second-order valence-electron chi connectivity index (χ2n) is 9.23. The zero-order chi connectivity index (χ0) is 25.8. The number of nitrogens with zero attached hydrogens (tertiary/aromatic N) is 2. The SMILES string of the molecule is COC(=O)/C=C/C1=CNC(=NC(CC(=O)N(C)Cc2ccccc2)C(=O)NCC2CCCCC2)CN1. The molecule has 0 aromatic heterocycles. The number of esters is 1. The first-order valence-electron chi connectivity index (χ1n) is 12.5. The van der Waals surface area contributed by atoms with E-state index in [9.17, 15) is 14.4 Å². The summed E-state index contributed by atoms with van der Waals surface area (Å²) in [6.45, 7) is 1.41. The van der Waals surface area contributed by atoms with Crippen LogP contribution in [0, 0.1) is 5.92 Å². The summed E-state index contributed by atoms with van der Waals surface area (Å²) in [6.07, 6.45) is 10.4. The van der Waals surface area contributed by atoms with Crippen LogP contribution in [0.4, 0.5) is 0 Å². The van der Waals surface area contributed by atoms with Gasteiger partial charge in [-0.2, -0.15) is 0 Å². The molecule has 9 nitrogen and oxygen atoms in total. The van der Waals surface area contributed by atoms with Gasteiger partial charge in [-0.15, -0.1) is 0 Å². The molecule has 1 aliphatic carbocycles. The molecule has 0 saturated heterocycles. The molecule has 0 radical (unpaired) electrons. The van der Waals surface area contributed by atoms with Crippen molar-refractivity contribution in [2.45, 2.75) is 51.1 Å². The quantitative estimate of drug-likeness (QED) is 0.339. The Labute approximate surface area is 213 Å². The lowest BCUT2D eigenvalue weighted by Gasteiger charge is -2.24. The van der Waals surface area contributed by atoms with E-state index < -0.39 is 12.0 Å². The number of amides is 2. The third kappa shape index (κ3) is 8.87. The van der Waals surface area contributed by atoms with Crippen LogP contribution in [0.1, 0.15) is 44.1 Å². The predicted molar refractivity (Wildman–Crippen MR) is 139 cm³/mol. The van der Waals surface area contributed by atoms with E-state index >= 15 is 0 Å². The van der Waals surface area contributed by atoms with E-state index in [1.165, 1.54) is 32.4 Å². The van der Waals surface area contributed by atoms with Crippen molar-refractivity contribution < 1.29 is 19.1 Å². The fraction of sp³-hybridized carbons (Fsp3) is 0.481.